The molecule has 6 heteroatoms. The summed E-state index contributed by atoms with van der Waals surface area (Å²) in [5.41, 5.74) is 1.12. The molecule has 6 atom stereocenters. The second kappa shape index (κ2) is 13.3. The normalized spacial score (nSPS) is 31.9. The molecule has 2 heterocycles. The highest BCUT2D eigenvalue weighted by atomic mass is 16.7. The van der Waals surface area contributed by atoms with Gasteiger partial charge in [-0.2, -0.15) is 0 Å². The molecule has 2 bridgehead atoms. The molecule has 0 aliphatic carbocycles. The Morgan fingerprint density at radius 2 is 1.78 bits per heavy atom. The zero-order valence-electron chi connectivity index (χ0n) is 19.9. The predicted molar refractivity (Wildman–Crippen MR) is 122 cm³/mol. The number of ether oxygens (including phenoxy) is 5. The quantitative estimate of drug-likeness (QED) is 0.316. The summed E-state index contributed by atoms with van der Waals surface area (Å²) < 4.78 is 29.7. The number of hydrogen-bond donors (Lipinski definition) is 0. The number of esters is 1. The largest absolute Gasteiger partial charge is 0.462 e. The smallest absolute Gasteiger partial charge is 0.308 e. The Bertz CT molecular complexity index is 666. The minimum atomic E-state index is -0.184. The van der Waals surface area contributed by atoms with E-state index in [1.54, 1.807) is 7.11 Å². The second-order valence-corrected chi connectivity index (χ2v) is 9.37. The molecule has 2 aliphatic rings. The average molecular weight is 449 g/mol. The summed E-state index contributed by atoms with van der Waals surface area (Å²) >= 11 is 0. The summed E-state index contributed by atoms with van der Waals surface area (Å²) in [7, 11) is 1.75. The number of cyclic esters (lactones) is 1. The molecule has 2 aliphatic heterocycles. The van der Waals surface area contributed by atoms with E-state index in [0.29, 0.717) is 18.9 Å². The van der Waals surface area contributed by atoms with E-state index in [-0.39, 0.29) is 49.7 Å². The number of rotatable bonds is 8. The highest BCUT2D eigenvalue weighted by Gasteiger charge is 2.34. The van der Waals surface area contributed by atoms with Crippen LogP contribution in [-0.2, 0) is 35.1 Å². The van der Waals surface area contributed by atoms with Gasteiger partial charge in [-0.05, 0) is 37.2 Å². The lowest BCUT2D eigenvalue weighted by molar-refractivity contribution is -0.174. The van der Waals surface area contributed by atoms with Crippen LogP contribution >= 0.6 is 0 Å². The van der Waals surface area contributed by atoms with Crippen LogP contribution in [0.15, 0.2) is 30.3 Å². The van der Waals surface area contributed by atoms with Gasteiger partial charge in [-0.3, -0.25) is 4.79 Å². The van der Waals surface area contributed by atoms with Gasteiger partial charge in [0.25, 0.3) is 0 Å². The first-order chi connectivity index (χ1) is 15.6. The Labute approximate surface area is 192 Å². The molecule has 0 aromatic heterocycles. The van der Waals surface area contributed by atoms with Crippen LogP contribution in [0.3, 0.4) is 0 Å². The van der Waals surface area contributed by atoms with Gasteiger partial charge < -0.3 is 23.7 Å². The molecule has 3 rings (SSSR count). The van der Waals surface area contributed by atoms with Crippen LogP contribution in [0.5, 0.6) is 0 Å². The first kappa shape index (κ1) is 25.2. The van der Waals surface area contributed by atoms with Crippen molar-refractivity contribution >= 4 is 5.97 Å². The van der Waals surface area contributed by atoms with E-state index in [9.17, 15) is 4.79 Å². The molecule has 1 aromatic carbocycles. The van der Waals surface area contributed by atoms with E-state index in [0.717, 1.165) is 44.1 Å². The number of benzene rings is 1. The van der Waals surface area contributed by atoms with Gasteiger partial charge in [0.15, 0.2) is 0 Å². The molecule has 32 heavy (non-hydrogen) atoms. The monoisotopic (exact) mass is 448 g/mol. The Hall–Kier alpha value is -1.47. The number of carbonyl (C=O) groups excluding carboxylic acids is 1. The topological polar surface area (TPSA) is 63.2 Å². The third-order valence-electron chi connectivity index (χ3n) is 6.43. The van der Waals surface area contributed by atoms with Gasteiger partial charge in [-0.25, -0.2) is 0 Å². The summed E-state index contributed by atoms with van der Waals surface area (Å²) in [5.74, 6) is 0.271. The molecule has 0 saturated carbocycles. The molecule has 0 spiro atoms. The van der Waals surface area contributed by atoms with Crippen molar-refractivity contribution in [2.45, 2.75) is 102 Å². The van der Waals surface area contributed by atoms with E-state index < -0.39 is 0 Å². The molecule has 0 radical (unpaired) electrons. The molecule has 6 nitrogen and oxygen atoms in total. The third kappa shape index (κ3) is 8.47. The lowest BCUT2D eigenvalue weighted by atomic mass is 9.89. The van der Waals surface area contributed by atoms with Crippen molar-refractivity contribution < 1.29 is 28.5 Å². The third-order valence-corrected chi connectivity index (χ3v) is 6.43. The van der Waals surface area contributed by atoms with Crippen molar-refractivity contribution in [3.8, 4) is 0 Å². The minimum Gasteiger partial charge on any atom is -0.462 e. The first-order valence-corrected chi connectivity index (χ1v) is 12.2. The fraction of sp³-hybridized carbons (Fsp3) is 0.731. The SMILES string of the molecule is CCC[C@H]1C[C@@H](OC)C[C@H](C)C[C@@H]2C[C@H](OCOCc3ccccc3)C[C@H](CC(=O)O1)O2. The molecule has 0 amide bonds. The number of fused-ring (bicyclic) bond motifs is 2. The molecule has 2 fully saturated rings. The van der Waals surface area contributed by atoms with Crippen molar-refractivity contribution in [1.82, 2.24) is 0 Å². The van der Waals surface area contributed by atoms with Gasteiger partial charge in [0.05, 0.1) is 37.4 Å². The molecule has 0 N–H and O–H groups in total. The Morgan fingerprint density at radius 3 is 2.53 bits per heavy atom. The van der Waals surface area contributed by atoms with Crippen LogP contribution in [0.2, 0.25) is 0 Å². The minimum absolute atomic E-state index is 0.0159. The Balaban J connectivity index is 1.57. The summed E-state index contributed by atoms with van der Waals surface area (Å²) in [4.78, 5) is 12.7. The maximum absolute atomic E-state index is 12.7. The van der Waals surface area contributed by atoms with E-state index in [1.165, 1.54) is 0 Å². The summed E-state index contributed by atoms with van der Waals surface area (Å²) in [5, 5.41) is 0. The standard InChI is InChI=1S/C26H40O6/c1-4-8-21-13-22(28-3)11-19(2)12-24-14-23(15-25(31-24)16-26(27)32-21)30-18-29-17-20-9-6-5-7-10-20/h5-7,9-10,19,21-25H,4,8,11-18H2,1-3H3/t19-,21-,22-,23-,24+,25+/m0/s1. The number of carbonyl (C=O) groups is 1. The van der Waals surface area contributed by atoms with Gasteiger partial charge in [-0.1, -0.05) is 50.6 Å². The van der Waals surface area contributed by atoms with Crippen LogP contribution in [0.1, 0.15) is 70.8 Å². The Morgan fingerprint density at radius 1 is 1.00 bits per heavy atom. The fourth-order valence-corrected chi connectivity index (χ4v) is 4.91. The maximum Gasteiger partial charge on any atom is 0.308 e. The van der Waals surface area contributed by atoms with Crippen molar-refractivity contribution in [2.24, 2.45) is 5.92 Å². The molecule has 1 aromatic rings. The van der Waals surface area contributed by atoms with Gasteiger partial charge in [-0.15, -0.1) is 0 Å². The predicted octanol–water partition coefficient (Wildman–Crippen LogP) is 5.03. The number of hydrogen-bond acceptors (Lipinski definition) is 6. The lowest BCUT2D eigenvalue weighted by Crippen LogP contribution is -2.40. The van der Waals surface area contributed by atoms with E-state index in [4.69, 9.17) is 23.7 Å². The molecular weight excluding hydrogens is 408 g/mol. The molecular formula is C26H40O6. The highest BCUT2D eigenvalue weighted by Crippen LogP contribution is 2.31. The second-order valence-electron chi connectivity index (χ2n) is 9.37. The summed E-state index contributed by atoms with van der Waals surface area (Å²) in [6, 6.07) is 10.1. The molecule has 0 unspecified atom stereocenters. The van der Waals surface area contributed by atoms with E-state index >= 15 is 0 Å². The first-order valence-electron chi connectivity index (χ1n) is 12.2. The maximum atomic E-state index is 12.7. The van der Waals surface area contributed by atoms with Gasteiger partial charge >= 0.3 is 5.97 Å². The number of methoxy groups -OCH3 is 1. The van der Waals surface area contributed by atoms with Crippen molar-refractivity contribution in [2.75, 3.05) is 13.9 Å². The van der Waals surface area contributed by atoms with Crippen LogP contribution in [-0.4, -0.2) is 50.4 Å². The van der Waals surface area contributed by atoms with Crippen LogP contribution in [0, 0.1) is 5.92 Å². The van der Waals surface area contributed by atoms with Gasteiger partial charge in [0.2, 0.25) is 0 Å². The van der Waals surface area contributed by atoms with E-state index in [2.05, 4.69) is 13.8 Å². The van der Waals surface area contributed by atoms with Gasteiger partial charge in [0.1, 0.15) is 12.9 Å². The highest BCUT2D eigenvalue weighted by molar-refractivity contribution is 5.70. The fourth-order valence-electron chi connectivity index (χ4n) is 4.91. The van der Waals surface area contributed by atoms with Gasteiger partial charge in [0, 0.05) is 20.0 Å². The Kier molecular flexibility index (Phi) is 10.4. The van der Waals surface area contributed by atoms with Crippen molar-refractivity contribution in [3.63, 3.8) is 0 Å². The van der Waals surface area contributed by atoms with Crippen molar-refractivity contribution in [1.29, 1.82) is 0 Å². The van der Waals surface area contributed by atoms with E-state index in [1.807, 2.05) is 30.3 Å². The van der Waals surface area contributed by atoms with Crippen LogP contribution < -0.4 is 0 Å². The summed E-state index contributed by atoms with van der Waals surface area (Å²) in [6.45, 7) is 5.14. The zero-order chi connectivity index (χ0) is 22.8. The average Bonchev–Trinajstić information content (AvgIpc) is 2.76. The van der Waals surface area contributed by atoms with Crippen LogP contribution in [0.25, 0.3) is 0 Å². The van der Waals surface area contributed by atoms with Crippen LogP contribution in [0.4, 0.5) is 0 Å². The van der Waals surface area contributed by atoms with Crippen molar-refractivity contribution in [3.05, 3.63) is 35.9 Å². The summed E-state index contributed by atoms with van der Waals surface area (Å²) in [6.07, 6.45) is 6.16. The molecule has 2 saturated heterocycles. The lowest BCUT2D eigenvalue weighted by Gasteiger charge is -2.37. The molecule has 180 valence electrons. The zero-order valence-corrected chi connectivity index (χ0v) is 19.9.